The summed E-state index contributed by atoms with van der Waals surface area (Å²) >= 11 is 0. The van der Waals surface area contributed by atoms with Crippen molar-refractivity contribution in [1.29, 1.82) is 0 Å². The van der Waals surface area contributed by atoms with Gasteiger partial charge in [-0.05, 0) is 32.4 Å². The van der Waals surface area contributed by atoms with E-state index in [1.165, 1.54) is 6.42 Å². The lowest BCUT2D eigenvalue weighted by atomic mass is 10.3. The molecule has 2 aromatic rings. The molecule has 0 saturated heterocycles. The lowest BCUT2D eigenvalue weighted by Crippen LogP contribution is -2.18. The molecule has 0 fully saturated rings. The SMILES string of the molecule is CCCCNc1cc(N(CC)c2ccccc2)nc(C)n1. The zero-order valence-electron chi connectivity index (χ0n) is 13.1. The maximum Gasteiger partial charge on any atom is 0.138 e. The first kappa shape index (κ1) is 15.3. The highest BCUT2D eigenvalue weighted by molar-refractivity contribution is 5.62. The molecule has 1 aromatic carbocycles. The van der Waals surface area contributed by atoms with Crippen molar-refractivity contribution in [1.82, 2.24) is 9.97 Å². The second kappa shape index (κ2) is 7.62. The molecule has 0 aliphatic heterocycles. The van der Waals surface area contributed by atoms with Gasteiger partial charge in [0.15, 0.2) is 0 Å². The van der Waals surface area contributed by atoms with E-state index in [9.17, 15) is 0 Å². The Balaban J connectivity index is 2.25. The summed E-state index contributed by atoms with van der Waals surface area (Å²) in [4.78, 5) is 11.2. The summed E-state index contributed by atoms with van der Waals surface area (Å²) in [5, 5.41) is 3.38. The van der Waals surface area contributed by atoms with Crippen LogP contribution in [0.5, 0.6) is 0 Å². The fourth-order valence-corrected chi connectivity index (χ4v) is 2.26. The molecule has 0 spiro atoms. The molecule has 0 saturated carbocycles. The third-order valence-corrected chi connectivity index (χ3v) is 3.32. The van der Waals surface area contributed by atoms with Crippen LogP contribution in [0.15, 0.2) is 36.4 Å². The van der Waals surface area contributed by atoms with Crippen LogP contribution in [-0.2, 0) is 0 Å². The number of hydrogen-bond donors (Lipinski definition) is 1. The van der Waals surface area contributed by atoms with Gasteiger partial charge in [0, 0.05) is 24.8 Å². The van der Waals surface area contributed by atoms with Crippen LogP contribution >= 0.6 is 0 Å². The van der Waals surface area contributed by atoms with E-state index in [1.807, 2.05) is 31.2 Å². The van der Waals surface area contributed by atoms with Gasteiger partial charge in [-0.25, -0.2) is 9.97 Å². The van der Waals surface area contributed by atoms with Gasteiger partial charge in [-0.2, -0.15) is 0 Å². The summed E-state index contributed by atoms with van der Waals surface area (Å²) in [5.74, 6) is 2.64. The van der Waals surface area contributed by atoms with E-state index in [4.69, 9.17) is 0 Å². The van der Waals surface area contributed by atoms with Crippen LogP contribution in [0.2, 0.25) is 0 Å². The first-order chi connectivity index (χ1) is 10.2. The molecular weight excluding hydrogens is 260 g/mol. The number of benzene rings is 1. The van der Waals surface area contributed by atoms with Crippen molar-refractivity contribution in [2.75, 3.05) is 23.3 Å². The molecule has 0 bridgehead atoms. The average Bonchev–Trinajstić information content (AvgIpc) is 2.49. The first-order valence-electron chi connectivity index (χ1n) is 7.66. The molecule has 0 unspecified atom stereocenters. The van der Waals surface area contributed by atoms with Crippen molar-refractivity contribution >= 4 is 17.3 Å². The summed E-state index contributed by atoms with van der Waals surface area (Å²) in [6.07, 6.45) is 2.32. The van der Waals surface area contributed by atoms with Crippen molar-refractivity contribution in [3.05, 3.63) is 42.2 Å². The van der Waals surface area contributed by atoms with E-state index in [2.05, 4.69) is 46.2 Å². The second-order valence-corrected chi connectivity index (χ2v) is 5.02. The Morgan fingerprint density at radius 2 is 1.86 bits per heavy atom. The molecular formula is C17H24N4. The van der Waals surface area contributed by atoms with Crippen LogP contribution < -0.4 is 10.2 Å². The highest BCUT2D eigenvalue weighted by Gasteiger charge is 2.10. The number of nitrogens with zero attached hydrogens (tertiary/aromatic N) is 3. The number of para-hydroxylation sites is 1. The number of nitrogens with one attached hydrogen (secondary N) is 1. The van der Waals surface area contributed by atoms with Crippen LogP contribution in [-0.4, -0.2) is 23.1 Å². The van der Waals surface area contributed by atoms with Crippen LogP contribution in [0.3, 0.4) is 0 Å². The molecule has 4 heteroatoms. The molecule has 21 heavy (non-hydrogen) atoms. The van der Waals surface area contributed by atoms with Gasteiger partial charge in [0.2, 0.25) is 0 Å². The summed E-state index contributed by atoms with van der Waals surface area (Å²) in [5.41, 5.74) is 1.15. The van der Waals surface area contributed by atoms with Gasteiger partial charge < -0.3 is 10.2 Å². The third kappa shape index (κ3) is 4.18. The normalized spacial score (nSPS) is 10.4. The Labute approximate surface area is 127 Å². The number of aryl methyl sites for hydroxylation is 1. The van der Waals surface area contributed by atoms with Crippen LogP contribution in [0.4, 0.5) is 17.3 Å². The Hall–Kier alpha value is -2.10. The summed E-state index contributed by atoms with van der Waals surface area (Å²) in [6.45, 7) is 8.08. The van der Waals surface area contributed by atoms with Gasteiger partial charge in [-0.3, -0.25) is 0 Å². The van der Waals surface area contributed by atoms with Crippen LogP contribution in [0.25, 0.3) is 0 Å². The van der Waals surface area contributed by atoms with Gasteiger partial charge in [0.05, 0.1) is 0 Å². The monoisotopic (exact) mass is 284 g/mol. The molecule has 4 nitrogen and oxygen atoms in total. The van der Waals surface area contributed by atoms with Gasteiger partial charge in [0.25, 0.3) is 0 Å². The molecule has 0 amide bonds. The van der Waals surface area contributed by atoms with Gasteiger partial charge in [-0.15, -0.1) is 0 Å². The molecule has 112 valence electrons. The Bertz CT molecular complexity index is 554. The third-order valence-electron chi connectivity index (χ3n) is 3.32. The maximum absolute atomic E-state index is 4.58. The van der Waals surface area contributed by atoms with E-state index < -0.39 is 0 Å². The topological polar surface area (TPSA) is 41.0 Å². The van der Waals surface area contributed by atoms with Gasteiger partial charge in [0.1, 0.15) is 17.5 Å². The Morgan fingerprint density at radius 1 is 1.10 bits per heavy atom. The molecule has 1 heterocycles. The average molecular weight is 284 g/mol. The predicted molar refractivity (Wildman–Crippen MR) is 89.3 cm³/mol. The zero-order chi connectivity index (χ0) is 15.1. The molecule has 1 aromatic heterocycles. The lowest BCUT2D eigenvalue weighted by molar-refractivity contribution is 0.828. The van der Waals surface area contributed by atoms with E-state index in [-0.39, 0.29) is 0 Å². The van der Waals surface area contributed by atoms with Crippen molar-refractivity contribution in [2.45, 2.75) is 33.6 Å². The fourth-order valence-electron chi connectivity index (χ4n) is 2.26. The molecule has 2 rings (SSSR count). The second-order valence-electron chi connectivity index (χ2n) is 5.02. The van der Waals surface area contributed by atoms with E-state index in [0.717, 1.165) is 42.7 Å². The molecule has 0 aliphatic rings. The summed E-state index contributed by atoms with van der Waals surface area (Å²) in [7, 11) is 0. The fraction of sp³-hybridized carbons (Fsp3) is 0.412. The van der Waals surface area contributed by atoms with Gasteiger partial charge in [-0.1, -0.05) is 31.5 Å². The first-order valence-corrected chi connectivity index (χ1v) is 7.66. The van der Waals surface area contributed by atoms with Crippen molar-refractivity contribution in [3.8, 4) is 0 Å². The molecule has 0 atom stereocenters. The summed E-state index contributed by atoms with van der Waals surface area (Å²) < 4.78 is 0. The van der Waals surface area contributed by atoms with Crippen LogP contribution in [0, 0.1) is 6.92 Å². The van der Waals surface area contributed by atoms with Crippen LogP contribution in [0.1, 0.15) is 32.5 Å². The van der Waals surface area contributed by atoms with E-state index in [0.29, 0.717) is 0 Å². The standard InChI is InChI=1S/C17H24N4/c1-4-6-12-18-16-13-17(20-14(3)19-16)21(5-2)15-10-8-7-9-11-15/h7-11,13H,4-6,12H2,1-3H3,(H,18,19,20). The maximum atomic E-state index is 4.58. The number of aromatic nitrogens is 2. The molecule has 1 N–H and O–H groups in total. The Morgan fingerprint density at radius 3 is 2.52 bits per heavy atom. The molecule has 0 aliphatic carbocycles. The number of anilines is 3. The highest BCUT2D eigenvalue weighted by atomic mass is 15.2. The van der Waals surface area contributed by atoms with Crippen molar-refractivity contribution in [2.24, 2.45) is 0 Å². The van der Waals surface area contributed by atoms with E-state index in [1.54, 1.807) is 0 Å². The Kier molecular flexibility index (Phi) is 5.55. The highest BCUT2D eigenvalue weighted by Crippen LogP contribution is 2.24. The number of rotatable bonds is 7. The van der Waals surface area contributed by atoms with Crippen molar-refractivity contribution in [3.63, 3.8) is 0 Å². The smallest absolute Gasteiger partial charge is 0.138 e. The minimum atomic E-state index is 0.792. The molecule has 0 radical (unpaired) electrons. The lowest BCUT2D eigenvalue weighted by Gasteiger charge is -2.23. The quantitative estimate of drug-likeness (QED) is 0.775. The van der Waals surface area contributed by atoms with Gasteiger partial charge >= 0.3 is 0 Å². The minimum absolute atomic E-state index is 0.792. The largest absolute Gasteiger partial charge is 0.370 e. The minimum Gasteiger partial charge on any atom is -0.370 e. The predicted octanol–water partition coefficient (Wildman–Crippen LogP) is 4.16. The number of unbranched alkanes of at least 4 members (excludes halogenated alkanes) is 1. The summed E-state index contributed by atoms with van der Waals surface area (Å²) in [6, 6.07) is 12.4. The van der Waals surface area contributed by atoms with E-state index >= 15 is 0 Å². The van der Waals surface area contributed by atoms with Crippen molar-refractivity contribution < 1.29 is 0 Å². The zero-order valence-corrected chi connectivity index (χ0v) is 13.1. The number of hydrogen-bond acceptors (Lipinski definition) is 4.